The summed E-state index contributed by atoms with van der Waals surface area (Å²) in [5.74, 6) is -0.412. The molecule has 0 saturated heterocycles. The summed E-state index contributed by atoms with van der Waals surface area (Å²) in [6.07, 6.45) is 0. The van der Waals surface area contributed by atoms with Crippen molar-refractivity contribution in [3.05, 3.63) is 20.7 Å². The maximum absolute atomic E-state index is 11.0. The molecule has 0 atom stereocenters. The summed E-state index contributed by atoms with van der Waals surface area (Å²) in [6.45, 7) is 1.76. The van der Waals surface area contributed by atoms with Gasteiger partial charge in [-0.1, -0.05) is 7.43 Å². The number of hydrogen-bond donors (Lipinski definition) is 1. The van der Waals surface area contributed by atoms with Crippen LogP contribution in [0.2, 0.25) is 0 Å². The largest absolute Gasteiger partial charge is 0.465 e. The fourth-order valence-corrected chi connectivity index (χ4v) is 1.67. The van der Waals surface area contributed by atoms with Gasteiger partial charge in [-0.2, -0.15) is 0 Å². The zero-order valence-electron chi connectivity index (χ0n) is 6.71. The van der Waals surface area contributed by atoms with Gasteiger partial charge in [-0.25, -0.2) is 4.79 Å². The summed E-state index contributed by atoms with van der Waals surface area (Å²) >= 11 is 1.23. The fraction of sp³-hybridized carbons (Fsp3) is 0.375. The highest BCUT2D eigenvalue weighted by Gasteiger charge is 2.16. The Kier molecular flexibility index (Phi) is 4.27. The van der Waals surface area contributed by atoms with Gasteiger partial charge in [0, 0.05) is 16.2 Å². The third-order valence-electron chi connectivity index (χ3n) is 1.41. The molecule has 1 aromatic heterocycles. The van der Waals surface area contributed by atoms with Crippen LogP contribution in [0.4, 0.5) is 5.69 Å². The lowest BCUT2D eigenvalue weighted by Crippen LogP contribution is -2.55. The lowest BCUT2D eigenvalue weighted by molar-refractivity contribution is -0.379. The van der Waals surface area contributed by atoms with Crippen LogP contribution in [0.15, 0.2) is 6.07 Å². The molecule has 1 heterocycles. The Morgan fingerprint density at radius 2 is 2.23 bits per heavy atom. The first-order valence-electron chi connectivity index (χ1n) is 3.26. The van der Waals surface area contributed by atoms with Gasteiger partial charge >= 0.3 is 5.97 Å². The Balaban J connectivity index is 0.00000144. The monoisotopic (exact) mass is 202 g/mol. The smallest absolute Gasteiger partial charge is 0.348 e. The first kappa shape index (κ1) is 11.8. The molecule has 72 valence electrons. The molecular formula is C8H12NO3S+. The van der Waals surface area contributed by atoms with Crippen molar-refractivity contribution in [2.45, 2.75) is 14.4 Å². The van der Waals surface area contributed by atoms with E-state index in [4.69, 9.17) is 0 Å². The van der Waals surface area contributed by atoms with Gasteiger partial charge < -0.3 is 4.74 Å². The third kappa shape index (κ3) is 2.35. The number of aryl methyl sites for hydroxylation is 1. The quantitative estimate of drug-likeness (QED) is 0.727. The molecule has 1 rings (SSSR count). The van der Waals surface area contributed by atoms with Crippen LogP contribution in [0, 0.1) is 11.8 Å². The van der Waals surface area contributed by atoms with Crippen molar-refractivity contribution in [2.24, 2.45) is 0 Å². The predicted octanol–water partition coefficient (Wildman–Crippen LogP) is 0.958. The zero-order chi connectivity index (χ0) is 9.14. The molecule has 0 amide bonds. The average molecular weight is 202 g/mol. The number of carbonyl (C=O) groups is 1. The molecule has 0 aliphatic heterocycles. The van der Waals surface area contributed by atoms with Gasteiger partial charge in [-0.05, 0) is 6.92 Å². The molecule has 0 fully saturated rings. The van der Waals surface area contributed by atoms with Crippen molar-refractivity contribution in [1.82, 2.24) is 0 Å². The number of ether oxygens (including phenoxy) is 1. The van der Waals surface area contributed by atoms with E-state index in [9.17, 15) is 9.70 Å². The molecule has 13 heavy (non-hydrogen) atoms. The van der Waals surface area contributed by atoms with E-state index in [0.29, 0.717) is 10.6 Å². The number of methoxy groups -OCH3 is 1. The molecule has 0 radical (unpaired) electrons. The molecule has 0 spiro atoms. The topological polar surface area (TPSA) is 57.3 Å². The van der Waals surface area contributed by atoms with E-state index < -0.39 is 5.97 Å². The van der Waals surface area contributed by atoms with Crippen LogP contribution >= 0.6 is 11.3 Å². The predicted molar refractivity (Wildman–Crippen MR) is 51.1 cm³/mol. The summed E-state index contributed by atoms with van der Waals surface area (Å²) in [4.78, 5) is 22.5. The Bertz CT molecular complexity index is 319. The minimum atomic E-state index is -0.412. The minimum absolute atomic E-state index is 0. The summed E-state index contributed by atoms with van der Waals surface area (Å²) in [6, 6.07) is 1.48. The van der Waals surface area contributed by atoms with E-state index >= 15 is 0 Å². The molecule has 5 heteroatoms. The van der Waals surface area contributed by atoms with Crippen molar-refractivity contribution >= 4 is 23.0 Å². The van der Waals surface area contributed by atoms with Gasteiger partial charge in [0.1, 0.15) is 4.88 Å². The fourth-order valence-electron chi connectivity index (χ4n) is 0.785. The number of esters is 1. The maximum atomic E-state index is 11.0. The van der Waals surface area contributed by atoms with E-state index in [1.165, 1.54) is 24.5 Å². The van der Waals surface area contributed by atoms with E-state index in [0.717, 1.165) is 4.88 Å². The van der Waals surface area contributed by atoms with E-state index in [-0.39, 0.29) is 7.43 Å². The lowest BCUT2D eigenvalue weighted by Gasteiger charge is -1.90. The molecule has 1 aromatic rings. The Morgan fingerprint density at radius 3 is 2.62 bits per heavy atom. The molecular weight excluding hydrogens is 190 g/mol. The van der Waals surface area contributed by atoms with Crippen molar-refractivity contribution in [3.8, 4) is 0 Å². The van der Waals surface area contributed by atoms with Gasteiger partial charge in [-0.3, -0.25) is 0 Å². The highest BCUT2D eigenvalue weighted by atomic mass is 32.1. The Labute approximate surface area is 80.5 Å². The molecule has 0 unspecified atom stereocenters. The minimum Gasteiger partial charge on any atom is -0.465 e. The van der Waals surface area contributed by atoms with Crippen LogP contribution in [-0.4, -0.2) is 13.1 Å². The number of nitrogens with one attached hydrogen (secondary N) is 1. The first-order valence-corrected chi connectivity index (χ1v) is 4.07. The van der Waals surface area contributed by atoms with Crippen molar-refractivity contribution in [3.63, 3.8) is 0 Å². The molecule has 1 N–H and O–H groups in total. The van der Waals surface area contributed by atoms with Crippen LogP contribution in [0.25, 0.3) is 0 Å². The van der Waals surface area contributed by atoms with Gasteiger partial charge in [0.15, 0.2) is 0 Å². The average Bonchev–Trinajstić information content (AvgIpc) is 2.45. The van der Waals surface area contributed by atoms with Crippen LogP contribution in [-0.2, 0) is 4.74 Å². The second-order valence-electron chi connectivity index (χ2n) is 2.17. The van der Waals surface area contributed by atoms with Crippen LogP contribution in [0.5, 0.6) is 0 Å². The van der Waals surface area contributed by atoms with E-state index in [1.807, 2.05) is 0 Å². The molecule has 0 aliphatic carbocycles. The van der Waals surface area contributed by atoms with Crippen LogP contribution in [0.1, 0.15) is 22.0 Å². The van der Waals surface area contributed by atoms with E-state index in [2.05, 4.69) is 4.74 Å². The first-order chi connectivity index (χ1) is 5.69. The van der Waals surface area contributed by atoms with Crippen LogP contribution in [0.3, 0.4) is 0 Å². The van der Waals surface area contributed by atoms with Crippen molar-refractivity contribution in [1.29, 1.82) is 0 Å². The second-order valence-corrected chi connectivity index (χ2v) is 3.43. The summed E-state index contributed by atoms with van der Waals surface area (Å²) in [5, 5.41) is 1.75. The van der Waals surface area contributed by atoms with Gasteiger partial charge in [0.2, 0.25) is 0 Å². The zero-order valence-corrected chi connectivity index (χ0v) is 7.53. The SMILES string of the molecule is C.COC(=O)c1cc([NH+]=O)c(C)s1. The Hall–Kier alpha value is -1.23. The number of rotatable bonds is 2. The molecule has 0 bridgehead atoms. The third-order valence-corrected chi connectivity index (χ3v) is 2.44. The maximum Gasteiger partial charge on any atom is 0.348 e. The molecule has 0 aromatic carbocycles. The highest BCUT2D eigenvalue weighted by Crippen LogP contribution is 2.22. The summed E-state index contributed by atoms with van der Waals surface area (Å²) < 4.78 is 4.49. The number of hydrogen-bond acceptors (Lipinski definition) is 4. The number of thiophene rings is 1. The summed E-state index contributed by atoms with van der Waals surface area (Å²) in [7, 11) is 1.31. The van der Waals surface area contributed by atoms with Gasteiger partial charge in [0.25, 0.3) is 5.69 Å². The summed E-state index contributed by atoms with van der Waals surface area (Å²) in [5.41, 5.74) is 0.431. The van der Waals surface area contributed by atoms with Gasteiger partial charge in [-0.15, -0.1) is 11.3 Å². The number of carbonyl (C=O) groups excluding carboxylic acids is 1. The van der Waals surface area contributed by atoms with Crippen LogP contribution < -0.4 is 5.18 Å². The standard InChI is InChI=1S/C7H7NO3S.CH4/c1-4-5(8-10)3-6(12-4)7(9)11-2;/h3H,1-2H3;1H4/p+1. The molecule has 0 saturated carbocycles. The number of nitroso groups, excluding NO2 is 1. The molecule has 4 nitrogen and oxygen atoms in total. The van der Waals surface area contributed by atoms with E-state index in [1.54, 1.807) is 12.1 Å². The highest BCUT2D eigenvalue weighted by molar-refractivity contribution is 7.14. The van der Waals surface area contributed by atoms with Crippen molar-refractivity contribution < 1.29 is 14.7 Å². The Morgan fingerprint density at radius 1 is 1.62 bits per heavy atom. The second kappa shape index (κ2) is 4.71. The molecule has 0 aliphatic rings. The normalized spacial score (nSPS) is 8.77. The van der Waals surface area contributed by atoms with Crippen molar-refractivity contribution in [2.75, 3.05) is 7.11 Å². The lowest BCUT2D eigenvalue weighted by atomic mass is 10.4. The van der Waals surface area contributed by atoms with Gasteiger partial charge in [0.05, 0.1) is 12.0 Å².